The Hall–Kier alpha value is -1.53. The Balaban J connectivity index is 2.34. The van der Waals surface area contributed by atoms with E-state index >= 15 is 0 Å². The van der Waals surface area contributed by atoms with E-state index in [0.29, 0.717) is 11.7 Å². The maximum Gasteiger partial charge on any atom is 0.344 e. The molecule has 3 N–H and O–H groups in total. The summed E-state index contributed by atoms with van der Waals surface area (Å²) < 4.78 is 1.65. The predicted molar refractivity (Wildman–Crippen MR) is 76.4 cm³/mol. The van der Waals surface area contributed by atoms with Crippen molar-refractivity contribution in [2.45, 2.75) is 43.4 Å². The van der Waals surface area contributed by atoms with Crippen molar-refractivity contribution in [3.8, 4) is 0 Å². The van der Waals surface area contributed by atoms with E-state index in [2.05, 4.69) is 16.3 Å². The third-order valence-electron chi connectivity index (χ3n) is 2.86. The van der Waals surface area contributed by atoms with Gasteiger partial charge in [0.1, 0.15) is 0 Å². The lowest BCUT2D eigenvalue weighted by Crippen LogP contribution is -2.19. The molecule has 1 heterocycles. The molecule has 0 spiro atoms. The minimum absolute atomic E-state index is 0.0809. The first-order valence-corrected chi connectivity index (χ1v) is 6.99. The van der Waals surface area contributed by atoms with Gasteiger partial charge in [0.25, 0.3) is 0 Å². The zero-order valence-electron chi connectivity index (χ0n) is 11.3. The van der Waals surface area contributed by atoms with Gasteiger partial charge >= 0.3 is 5.69 Å². The Kier molecular flexibility index (Phi) is 4.11. The molecule has 0 aliphatic rings. The van der Waals surface area contributed by atoms with E-state index in [4.69, 9.17) is 5.73 Å². The van der Waals surface area contributed by atoms with Gasteiger partial charge in [0.2, 0.25) is 0 Å². The fourth-order valence-electron chi connectivity index (χ4n) is 1.87. The Morgan fingerprint density at radius 3 is 2.79 bits per heavy atom. The van der Waals surface area contributed by atoms with Gasteiger partial charge in [-0.05, 0) is 49.7 Å². The lowest BCUT2D eigenvalue weighted by molar-refractivity contribution is 0.534. The fraction of sp³-hybridized carbons (Fsp3) is 0.385. The molecule has 0 bridgehead atoms. The Bertz CT molecular complexity index is 630. The van der Waals surface area contributed by atoms with Crippen molar-refractivity contribution in [1.29, 1.82) is 0 Å². The molecule has 19 heavy (non-hydrogen) atoms. The van der Waals surface area contributed by atoms with Gasteiger partial charge in [-0.15, -0.1) is 5.10 Å². The van der Waals surface area contributed by atoms with Gasteiger partial charge in [0, 0.05) is 17.5 Å². The summed E-state index contributed by atoms with van der Waals surface area (Å²) in [7, 11) is 0. The third-order valence-corrected chi connectivity index (χ3v) is 4.01. The number of aryl methyl sites for hydroxylation is 1. The van der Waals surface area contributed by atoms with Gasteiger partial charge in [0.05, 0.1) is 0 Å². The smallest absolute Gasteiger partial charge is 0.326 e. The second-order valence-electron chi connectivity index (χ2n) is 4.68. The van der Waals surface area contributed by atoms with Crippen LogP contribution >= 0.6 is 11.8 Å². The van der Waals surface area contributed by atoms with Crippen LogP contribution in [0, 0.1) is 6.92 Å². The summed E-state index contributed by atoms with van der Waals surface area (Å²) in [4.78, 5) is 12.8. The summed E-state index contributed by atoms with van der Waals surface area (Å²) in [6, 6.07) is 6.16. The van der Waals surface area contributed by atoms with Gasteiger partial charge in [-0.2, -0.15) is 0 Å². The lowest BCUT2D eigenvalue weighted by Gasteiger charge is -2.10. The molecule has 0 atom stereocenters. The number of aromatic nitrogens is 3. The first-order chi connectivity index (χ1) is 9.02. The molecule has 0 saturated heterocycles. The average molecular weight is 278 g/mol. The Morgan fingerprint density at radius 1 is 1.47 bits per heavy atom. The van der Waals surface area contributed by atoms with E-state index in [1.165, 1.54) is 11.8 Å². The topological polar surface area (TPSA) is 76.7 Å². The molecule has 0 unspecified atom stereocenters. The maximum absolute atomic E-state index is 11.7. The second kappa shape index (κ2) is 5.63. The van der Waals surface area contributed by atoms with Crippen LogP contribution in [-0.4, -0.2) is 14.8 Å². The predicted octanol–water partition coefficient (Wildman–Crippen LogP) is 2.07. The van der Waals surface area contributed by atoms with Crippen LogP contribution in [0.25, 0.3) is 0 Å². The van der Waals surface area contributed by atoms with Crippen LogP contribution in [0.5, 0.6) is 0 Å². The highest BCUT2D eigenvalue weighted by molar-refractivity contribution is 7.99. The molecule has 0 aliphatic heterocycles. The number of H-pyrrole nitrogens is 1. The van der Waals surface area contributed by atoms with Crippen LogP contribution in [0.2, 0.25) is 0 Å². The van der Waals surface area contributed by atoms with Crippen molar-refractivity contribution in [3.63, 3.8) is 0 Å². The monoisotopic (exact) mass is 278 g/mol. The fourth-order valence-corrected chi connectivity index (χ4v) is 2.91. The number of nitrogens with two attached hydrogens (primary N) is 1. The minimum atomic E-state index is -0.172. The largest absolute Gasteiger partial charge is 0.344 e. The van der Waals surface area contributed by atoms with Crippen molar-refractivity contribution >= 4 is 11.8 Å². The molecule has 1 aromatic carbocycles. The van der Waals surface area contributed by atoms with E-state index in [1.807, 2.05) is 32.9 Å². The van der Waals surface area contributed by atoms with Crippen molar-refractivity contribution < 1.29 is 0 Å². The number of rotatable bonds is 4. The number of aromatic amines is 1. The van der Waals surface area contributed by atoms with E-state index in [1.54, 1.807) is 4.57 Å². The van der Waals surface area contributed by atoms with Crippen LogP contribution in [0.1, 0.15) is 31.0 Å². The standard InChI is InChI=1S/C13H18N4OS/c1-8(2)17-12(18)15-16-13(17)19-11-5-4-10(7-14)6-9(11)3/h4-6,8H,7,14H2,1-3H3,(H,15,18). The van der Waals surface area contributed by atoms with Gasteiger partial charge in [-0.25, -0.2) is 9.89 Å². The van der Waals surface area contributed by atoms with Gasteiger partial charge < -0.3 is 5.73 Å². The van der Waals surface area contributed by atoms with Gasteiger partial charge in [0.15, 0.2) is 5.16 Å². The van der Waals surface area contributed by atoms with Crippen molar-refractivity contribution in [2.24, 2.45) is 5.73 Å². The number of hydrogen-bond donors (Lipinski definition) is 2. The molecule has 0 fully saturated rings. The molecule has 5 nitrogen and oxygen atoms in total. The van der Waals surface area contributed by atoms with E-state index in [-0.39, 0.29) is 11.7 Å². The van der Waals surface area contributed by atoms with E-state index < -0.39 is 0 Å². The molecule has 0 radical (unpaired) electrons. The van der Waals surface area contributed by atoms with Crippen molar-refractivity contribution in [3.05, 3.63) is 39.8 Å². The zero-order valence-corrected chi connectivity index (χ0v) is 12.1. The van der Waals surface area contributed by atoms with Crippen LogP contribution < -0.4 is 11.4 Å². The Labute approximate surface area is 116 Å². The first-order valence-electron chi connectivity index (χ1n) is 6.17. The molecular weight excluding hydrogens is 260 g/mol. The van der Waals surface area contributed by atoms with Crippen LogP contribution in [-0.2, 0) is 6.54 Å². The summed E-state index contributed by atoms with van der Waals surface area (Å²) >= 11 is 1.49. The average Bonchev–Trinajstić information content (AvgIpc) is 2.73. The summed E-state index contributed by atoms with van der Waals surface area (Å²) in [6.45, 7) is 6.49. The van der Waals surface area contributed by atoms with Crippen molar-refractivity contribution in [1.82, 2.24) is 14.8 Å². The highest BCUT2D eigenvalue weighted by atomic mass is 32.2. The highest BCUT2D eigenvalue weighted by Crippen LogP contribution is 2.29. The number of nitrogens with zero attached hydrogens (tertiary/aromatic N) is 2. The lowest BCUT2D eigenvalue weighted by atomic mass is 10.1. The zero-order chi connectivity index (χ0) is 14.0. The number of nitrogens with one attached hydrogen (secondary N) is 1. The van der Waals surface area contributed by atoms with Gasteiger partial charge in [-0.3, -0.25) is 4.57 Å². The Morgan fingerprint density at radius 2 is 2.21 bits per heavy atom. The van der Waals surface area contributed by atoms with E-state index in [0.717, 1.165) is 16.0 Å². The minimum Gasteiger partial charge on any atom is -0.326 e. The maximum atomic E-state index is 11.7. The third kappa shape index (κ3) is 2.90. The normalized spacial score (nSPS) is 11.2. The highest BCUT2D eigenvalue weighted by Gasteiger charge is 2.13. The van der Waals surface area contributed by atoms with Crippen LogP contribution in [0.15, 0.2) is 33.0 Å². The molecule has 6 heteroatoms. The molecule has 2 aromatic rings. The summed E-state index contributed by atoms with van der Waals surface area (Å²) in [6.07, 6.45) is 0. The number of hydrogen-bond acceptors (Lipinski definition) is 4. The van der Waals surface area contributed by atoms with Crippen molar-refractivity contribution in [2.75, 3.05) is 0 Å². The van der Waals surface area contributed by atoms with Crippen LogP contribution in [0.4, 0.5) is 0 Å². The molecular formula is C13H18N4OS. The quantitative estimate of drug-likeness (QED) is 0.897. The molecule has 102 valence electrons. The molecule has 0 amide bonds. The summed E-state index contributed by atoms with van der Waals surface area (Å²) in [5.41, 5.74) is 7.69. The molecule has 0 aliphatic carbocycles. The summed E-state index contributed by atoms with van der Waals surface area (Å²) in [5.74, 6) is 0. The molecule has 0 saturated carbocycles. The SMILES string of the molecule is Cc1cc(CN)ccc1Sc1n[nH]c(=O)n1C(C)C. The van der Waals surface area contributed by atoms with Gasteiger partial charge in [-0.1, -0.05) is 12.1 Å². The molecule has 2 rings (SSSR count). The first kappa shape index (κ1) is 13.9. The molecule has 1 aromatic heterocycles. The summed E-state index contributed by atoms with van der Waals surface area (Å²) in [5, 5.41) is 7.26. The number of benzene rings is 1. The second-order valence-corrected chi connectivity index (χ2v) is 5.69. The van der Waals surface area contributed by atoms with Crippen LogP contribution in [0.3, 0.4) is 0 Å². The van der Waals surface area contributed by atoms with E-state index in [9.17, 15) is 4.79 Å².